The highest BCUT2D eigenvalue weighted by Crippen LogP contribution is 2.34. The molecule has 3 rings (SSSR count). The van der Waals surface area contributed by atoms with Gasteiger partial charge in [0.25, 0.3) is 0 Å². The first-order chi connectivity index (χ1) is 11.7. The molecule has 0 spiro atoms. The van der Waals surface area contributed by atoms with Crippen molar-refractivity contribution in [2.45, 2.75) is 32.4 Å². The number of hydrogen-bond donors (Lipinski definition) is 3. The van der Waals surface area contributed by atoms with E-state index < -0.39 is 0 Å². The first-order valence-electron chi connectivity index (χ1n) is 8.07. The zero-order valence-electron chi connectivity index (χ0n) is 13.7. The lowest BCUT2D eigenvalue weighted by Crippen LogP contribution is -2.23. The van der Waals surface area contributed by atoms with Gasteiger partial charge >= 0.3 is 0 Å². The highest BCUT2D eigenvalue weighted by atomic mass is 32.1. The minimum absolute atomic E-state index is 0.0320. The lowest BCUT2D eigenvalue weighted by molar-refractivity contribution is 0.275. The fraction of sp³-hybridized carbons (Fsp3) is 0.333. The quantitative estimate of drug-likeness (QED) is 0.615. The molecular weight excluding hydrogens is 320 g/mol. The predicted octanol–water partition coefficient (Wildman–Crippen LogP) is 2.86. The first kappa shape index (κ1) is 16.8. The number of aromatic nitrogens is 2. The standard InChI is InChI=1S/C18H22N4OS/c1-12-16(9-14(19)7-8-23)24-18-15(11-21-22-17(12)18)20-10-13-5-3-2-4-6-13/h2-6,11,14,23H,7-10,19H2,1H3,(H,20,22)/t14-/m0/s1. The molecule has 0 radical (unpaired) electrons. The number of nitrogens with two attached hydrogens (primary N) is 1. The number of thiophene rings is 1. The van der Waals surface area contributed by atoms with Crippen LogP contribution in [-0.4, -0.2) is 28.0 Å². The van der Waals surface area contributed by atoms with E-state index >= 15 is 0 Å². The lowest BCUT2D eigenvalue weighted by Gasteiger charge is -2.08. The number of benzene rings is 1. The molecule has 0 saturated heterocycles. The Morgan fingerprint density at radius 3 is 2.83 bits per heavy atom. The molecular formula is C18H22N4OS. The van der Waals surface area contributed by atoms with Crippen LogP contribution in [0.2, 0.25) is 0 Å². The molecule has 24 heavy (non-hydrogen) atoms. The summed E-state index contributed by atoms with van der Waals surface area (Å²) >= 11 is 1.71. The van der Waals surface area contributed by atoms with Crippen LogP contribution in [-0.2, 0) is 13.0 Å². The molecule has 2 aromatic heterocycles. The molecule has 0 aliphatic rings. The van der Waals surface area contributed by atoms with Gasteiger partial charge in [-0.3, -0.25) is 0 Å². The Morgan fingerprint density at radius 1 is 1.29 bits per heavy atom. The highest BCUT2D eigenvalue weighted by molar-refractivity contribution is 7.19. The summed E-state index contributed by atoms with van der Waals surface area (Å²) in [6.45, 7) is 2.93. The Hall–Kier alpha value is -2.02. The van der Waals surface area contributed by atoms with Crippen molar-refractivity contribution in [2.24, 2.45) is 5.73 Å². The minimum Gasteiger partial charge on any atom is -0.396 e. The van der Waals surface area contributed by atoms with Crippen LogP contribution in [0.1, 0.15) is 22.4 Å². The van der Waals surface area contributed by atoms with Crippen LogP contribution < -0.4 is 11.1 Å². The number of aliphatic hydroxyl groups excluding tert-OH is 1. The largest absolute Gasteiger partial charge is 0.396 e. The molecule has 0 aliphatic heterocycles. The topological polar surface area (TPSA) is 84.1 Å². The maximum absolute atomic E-state index is 9.04. The fourth-order valence-corrected chi connectivity index (χ4v) is 4.00. The van der Waals surface area contributed by atoms with Crippen molar-refractivity contribution in [3.05, 3.63) is 52.5 Å². The zero-order valence-corrected chi connectivity index (χ0v) is 14.5. The molecule has 2 heterocycles. The molecule has 1 aromatic carbocycles. The normalized spacial score (nSPS) is 12.5. The molecule has 1 atom stereocenters. The van der Waals surface area contributed by atoms with Crippen LogP contribution in [0, 0.1) is 6.92 Å². The van der Waals surface area contributed by atoms with Gasteiger partial charge in [-0.25, -0.2) is 0 Å². The van der Waals surface area contributed by atoms with Gasteiger partial charge < -0.3 is 16.2 Å². The SMILES string of the molecule is Cc1c(C[C@@H](N)CCO)sc2c(NCc3ccccc3)cnnc12. The van der Waals surface area contributed by atoms with Gasteiger partial charge in [0.05, 0.1) is 16.6 Å². The second-order valence-electron chi connectivity index (χ2n) is 5.90. The maximum atomic E-state index is 9.04. The number of nitrogens with zero attached hydrogens (tertiary/aromatic N) is 2. The smallest absolute Gasteiger partial charge is 0.109 e. The van der Waals surface area contributed by atoms with Gasteiger partial charge in [0.15, 0.2) is 0 Å². The third-order valence-corrected chi connectivity index (χ3v) is 5.41. The molecule has 0 unspecified atom stereocenters. The molecule has 3 aromatic rings. The van der Waals surface area contributed by atoms with Crippen LogP contribution in [0.25, 0.3) is 10.2 Å². The average molecular weight is 342 g/mol. The summed E-state index contributed by atoms with van der Waals surface area (Å²) in [6.07, 6.45) is 3.14. The van der Waals surface area contributed by atoms with Crippen molar-refractivity contribution in [1.82, 2.24) is 10.2 Å². The van der Waals surface area contributed by atoms with E-state index in [2.05, 4.69) is 34.6 Å². The predicted molar refractivity (Wildman–Crippen MR) is 99.3 cm³/mol. The number of aryl methyl sites for hydroxylation is 1. The van der Waals surface area contributed by atoms with Crippen LogP contribution in [0.4, 0.5) is 5.69 Å². The van der Waals surface area contributed by atoms with E-state index in [0.29, 0.717) is 6.42 Å². The second kappa shape index (κ2) is 7.70. The summed E-state index contributed by atoms with van der Waals surface area (Å²) in [5.74, 6) is 0. The Labute approximate surface area is 145 Å². The molecule has 0 fully saturated rings. The maximum Gasteiger partial charge on any atom is 0.109 e. The van der Waals surface area contributed by atoms with Gasteiger partial charge in [0.1, 0.15) is 5.52 Å². The van der Waals surface area contributed by atoms with Crippen molar-refractivity contribution in [1.29, 1.82) is 0 Å². The van der Waals surface area contributed by atoms with Crippen LogP contribution in [0.3, 0.4) is 0 Å². The van der Waals surface area contributed by atoms with Crippen LogP contribution in [0.15, 0.2) is 36.5 Å². The molecule has 0 bridgehead atoms. The second-order valence-corrected chi connectivity index (χ2v) is 7.01. The number of nitrogens with one attached hydrogen (secondary N) is 1. The zero-order chi connectivity index (χ0) is 16.9. The van der Waals surface area contributed by atoms with E-state index in [1.165, 1.54) is 10.4 Å². The van der Waals surface area contributed by atoms with Gasteiger partial charge in [-0.15, -0.1) is 16.4 Å². The van der Waals surface area contributed by atoms with Crippen molar-refractivity contribution in [3.8, 4) is 0 Å². The van der Waals surface area contributed by atoms with E-state index in [9.17, 15) is 0 Å². The monoisotopic (exact) mass is 342 g/mol. The molecule has 0 aliphatic carbocycles. The van der Waals surface area contributed by atoms with E-state index in [1.54, 1.807) is 17.5 Å². The molecule has 5 nitrogen and oxygen atoms in total. The van der Waals surface area contributed by atoms with Crippen LogP contribution >= 0.6 is 11.3 Å². The summed E-state index contributed by atoms with van der Waals surface area (Å²) in [6, 6.07) is 10.2. The Bertz CT molecular complexity index is 803. The number of hydrogen-bond acceptors (Lipinski definition) is 6. The number of aliphatic hydroxyl groups is 1. The van der Waals surface area contributed by atoms with E-state index in [0.717, 1.165) is 34.4 Å². The molecule has 0 amide bonds. The summed E-state index contributed by atoms with van der Waals surface area (Å²) < 4.78 is 1.12. The minimum atomic E-state index is -0.0320. The Kier molecular flexibility index (Phi) is 5.40. The number of fused-ring (bicyclic) bond motifs is 1. The average Bonchev–Trinajstić information content (AvgIpc) is 2.91. The molecule has 126 valence electrons. The van der Waals surface area contributed by atoms with E-state index in [4.69, 9.17) is 10.8 Å². The van der Waals surface area contributed by atoms with Crippen molar-refractivity contribution in [2.75, 3.05) is 11.9 Å². The van der Waals surface area contributed by atoms with Crippen molar-refractivity contribution < 1.29 is 5.11 Å². The molecule has 4 N–H and O–H groups in total. The van der Waals surface area contributed by atoms with Crippen molar-refractivity contribution >= 4 is 27.2 Å². The van der Waals surface area contributed by atoms with E-state index in [1.807, 2.05) is 18.2 Å². The van der Waals surface area contributed by atoms with Gasteiger partial charge in [-0.05, 0) is 30.9 Å². The lowest BCUT2D eigenvalue weighted by atomic mass is 10.1. The number of rotatable bonds is 7. The van der Waals surface area contributed by atoms with Gasteiger partial charge in [-0.1, -0.05) is 30.3 Å². The summed E-state index contributed by atoms with van der Waals surface area (Å²) in [5.41, 5.74) is 10.4. The van der Waals surface area contributed by atoms with Crippen molar-refractivity contribution in [3.63, 3.8) is 0 Å². The Balaban J connectivity index is 1.84. The molecule has 6 heteroatoms. The van der Waals surface area contributed by atoms with Gasteiger partial charge in [0.2, 0.25) is 0 Å². The highest BCUT2D eigenvalue weighted by Gasteiger charge is 2.15. The van der Waals surface area contributed by atoms with Crippen LogP contribution in [0.5, 0.6) is 0 Å². The first-order valence-corrected chi connectivity index (χ1v) is 8.88. The summed E-state index contributed by atoms with van der Waals surface area (Å²) in [4.78, 5) is 1.22. The summed E-state index contributed by atoms with van der Waals surface area (Å²) in [7, 11) is 0. The number of anilines is 1. The Morgan fingerprint density at radius 2 is 2.08 bits per heavy atom. The third-order valence-electron chi connectivity index (χ3n) is 4.08. The van der Waals surface area contributed by atoms with E-state index in [-0.39, 0.29) is 12.6 Å². The summed E-state index contributed by atoms with van der Waals surface area (Å²) in [5, 5.41) is 20.9. The fourth-order valence-electron chi connectivity index (χ4n) is 2.68. The van der Waals surface area contributed by atoms with Gasteiger partial charge in [0, 0.05) is 24.1 Å². The molecule has 0 saturated carbocycles. The van der Waals surface area contributed by atoms with Gasteiger partial charge in [-0.2, -0.15) is 5.10 Å². The third kappa shape index (κ3) is 3.72.